The minimum atomic E-state index is -0.0154. The Balaban J connectivity index is 2.33. The van der Waals surface area contributed by atoms with Crippen molar-refractivity contribution in [3.8, 4) is 11.8 Å². The molecule has 0 amide bonds. The first kappa shape index (κ1) is 13.9. The van der Waals surface area contributed by atoms with Crippen molar-refractivity contribution in [3.63, 3.8) is 0 Å². The van der Waals surface area contributed by atoms with Crippen LogP contribution >= 0.6 is 0 Å². The highest BCUT2D eigenvalue weighted by Gasteiger charge is 2.26. The van der Waals surface area contributed by atoms with E-state index in [-0.39, 0.29) is 5.92 Å². The van der Waals surface area contributed by atoms with Crippen molar-refractivity contribution in [2.75, 3.05) is 20.2 Å². The third kappa shape index (κ3) is 2.90. The van der Waals surface area contributed by atoms with Crippen molar-refractivity contribution in [1.82, 2.24) is 5.32 Å². The van der Waals surface area contributed by atoms with Crippen molar-refractivity contribution in [3.05, 3.63) is 29.3 Å². The van der Waals surface area contributed by atoms with Crippen LogP contribution in [0.2, 0.25) is 0 Å². The lowest BCUT2D eigenvalue weighted by Crippen LogP contribution is -2.15. The summed E-state index contributed by atoms with van der Waals surface area (Å²) in [5.74, 6) is 1.73. The quantitative estimate of drug-likeness (QED) is 0.903. The van der Waals surface area contributed by atoms with Gasteiger partial charge in [0.25, 0.3) is 0 Å². The van der Waals surface area contributed by atoms with Crippen molar-refractivity contribution in [2.24, 2.45) is 5.92 Å². The van der Waals surface area contributed by atoms with Crippen LogP contribution in [-0.4, -0.2) is 20.2 Å². The summed E-state index contributed by atoms with van der Waals surface area (Å²) < 4.78 is 5.41. The van der Waals surface area contributed by atoms with Crippen LogP contribution in [0.25, 0.3) is 0 Å². The fourth-order valence-electron chi connectivity index (χ4n) is 2.81. The zero-order chi connectivity index (χ0) is 13.8. The van der Waals surface area contributed by atoms with Gasteiger partial charge in [0.05, 0.1) is 19.1 Å². The zero-order valence-electron chi connectivity index (χ0n) is 11.9. The van der Waals surface area contributed by atoms with E-state index in [2.05, 4.69) is 31.3 Å². The fraction of sp³-hybridized carbons (Fsp3) is 0.562. The number of rotatable bonds is 4. The molecule has 0 aliphatic carbocycles. The number of nitriles is 1. The average molecular weight is 258 g/mol. The Morgan fingerprint density at radius 3 is 2.74 bits per heavy atom. The van der Waals surface area contributed by atoms with Crippen LogP contribution in [0.15, 0.2) is 18.2 Å². The maximum Gasteiger partial charge on any atom is 0.122 e. The SMILES string of the molecule is COc1ccc(C(C#N)C2CCNC2)cc1C(C)C. The van der Waals surface area contributed by atoms with Gasteiger partial charge in [-0.3, -0.25) is 0 Å². The largest absolute Gasteiger partial charge is 0.496 e. The molecule has 0 saturated carbocycles. The van der Waals surface area contributed by atoms with Gasteiger partial charge in [-0.05, 0) is 48.5 Å². The van der Waals surface area contributed by atoms with Gasteiger partial charge in [0, 0.05) is 0 Å². The second-order valence-electron chi connectivity index (χ2n) is 5.52. The standard InChI is InChI=1S/C16H22N2O/c1-11(2)14-8-12(4-5-16(14)19-3)15(9-17)13-6-7-18-10-13/h4-5,8,11,13,15,18H,6-7,10H2,1-3H3. The Kier molecular flexibility index (Phi) is 4.44. The fourth-order valence-corrected chi connectivity index (χ4v) is 2.81. The second kappa shape index (κ2) is 6.08. The number of benzene rings is 1. The lowest BCUT2D eigenvalue weighted by atomic mass is 9.84. The molecule has 1 aromatic rings. The Labute approximate surface area is 115 Å². The number of ether oxygens (including phenoxy) is 1. The van der Waals surface area contributed by atoms with E-state index < -0.39 is 0 Å². The number of nitrogens with zero attached hydrogens (tertiary/aromatic N) is 1. The van der Waals surface area contributed by atoms with E-state index >= 15 is 0 Å². The molecule has 3 heteroatoms. The summed E-state index contributed by atoms with van der Waals surface area (Å²) in [4.78, 5) is 0. The van der Waals surface area contributed by atoms with Crippen molar-refractivity contribution >= 4 is 0 Å². The molecule has 2 atom stereocenters. The molecule has 1 aliphatic rings. The monoisotopic (exact) mass is 258 g/mol. The molecule has 2 rings (SSSR count). The van der Waals surface area contributed by atoms with E-state index in [1.165, 1.54) is 5.56 Å². The Morgan fingerprint density at radius 2 is 2.21 bits per heavy atom. The van der Waals surface area contributed by atoms with E-state index in [0.717, 1.165) is 30.8 Å². The topological polar surface area (TPSA) is 45.0 Å². The lowest BCUT2D eigenvalue weighted by molar-refractivity contribution is 0.407. The molecule has 0 aromatic heterocycles. The molecule has 2 unspecified atom stereocenters. The minimum Gasteiger partial charge on any atom is -0.496 e. The molecule has 0 bridgehead atoms. The van der Waals surface area contributed by atoms with E-state index in [1.54, 1.807) is 7.11 Å². The number of hydrogen-bond donors (Lipinski definition) is 1. The summed E-state index contributed by atoms with van der Waals surface area (Å²) in [7, 11) is 1.70. The van der Waals surface area contributed by atoms with Gasteiger partial charge in [-0.2, -0.15) is 5.26 Å². The van der Waals surface area contributed by atoms with Crippen LogP contribution in [0, 0.1) is 17.2 Å². The summed E-state index contributed by atoms with van der Waals surface area (Å²) in [5, 5.41) is 12.8. The van der Waals surface area contributed by atoms with Gasteiger partial charge in [-0.25, -0.2) is 0 Å². The number of hydrogen-bond acceptors (Lipinski definition) is 3. The molecular weight excluding hydrogens is 236 g/mol. The third-order valence-corrected chi connectivity index (χ3v) is 3.94. The number of methoxy groups -OCH3 is 1. The summed E-state index contributed by atoms with van der Waals surface area (Å²) in [6.45, 7) is 6.28. The molecule has 1 heterocycles. The molecule has 0 radical (unpaired) electrons. The van der Waals surface area contributed by atoms with Crippen molar-refractivity contribution < 1.29 is 4.74 Å². The summed E-state index contributed by atoms with van der Waals surface area (Å²) in [6.07, 6.45) is 1.08. The van der Waals surface area contributed by atoms with E-state index in [9.17, 15) is 5.26 Å². The van der Waals surface area contributed by atoms with Gasteiger partial charge in [0.15, 0.2) is 0 Å². The van der Waals surface area contributed by atoms with Gasteiger partial charge in [0.1, 0.15) is 5.75 Å². The Morgan fingerprint density at radius 1 is 1.42 bits per heavy atom. The lowest BCUT2D eigenvalue weighted by Gasteiger charge is -2.19. The molecule has 1 fully saturated rings. The van der Waals surface area contributed by atoms with Crippen LogP contribution in [0.5, 0.6) is 5.75 Å². The predicted octanol–water partition coefficient (Wildman–Crippen LogP) is 3.04. The van der Waals surface area contributed by atoms with Crippen molar-refractivity contribution in [1.29, 1.82) is 5.26 Å². The van der Waals surface area contributed by atoms with Crippen LogP contribution in [0.1, 0.15) is 43.2 Å². The van der Waals surface area contributed by atoms with E-state index in [4.69, 9.17) is 4.74 Å². The third-order valence-electron chi connectivity index (χ3n) is 3.94. The maximum atomic E-state index is 9.49. The predicted molar refractivity (Wildman–Crippen MR) is 76.4 cm³/mol. The van der Waals surface area contributed by atoms with Gasteiger partial charge in [-0.1, -0.05) is 26.0 Å². The smallest absolute Gasteiger partial charge is 0.122 e. The number of nitrogens with one attached hydrogen (secondary N) is 1. The molecule has 3 nitrogen and oxygen atoms in total. The van der Waals surface area contributed by atoms with Crippen LogP contribution in [0.3, 0.4) is 0 Å². The van der Waals surface area contributed by atoms with Gasteiger partial charge in [-0.15, -0.1) is 0 Å². The van der Waals surface area contributed by atoms with E-state index in [1.807, 2.05) is 12.1 Å². The first-order chi connectivity index (χ1) is 9.17. The van der Waals surface area contributed by atoms with Crippen molar-refractivity contribution in [2.45, 2.75) is 32.1 Å². The van der Waals surface area contributed by atoms with Gasteiger partial charge < -0.3 is 10.1 Å². The molecule has 0 spiro atoms. The van der Waals surface area contributed by atoms with Gasteiger partial charge in [0.2, 0.25) is 0 Å². The molecule has 1 saturated heterocycles. The second-order valence-corrected chi connectivity index (χ2v) is 5.52. The minimum absolute atomic E-state index is 0.0154. The first-order valence-corrected chi connectivity index (χ1v) is 6.95. The van der Waals surface area contributed by atoms with Crippen LogP contribution < -0.4 is 10.1 Å². The first-order valence-electron chi connectivity index (χ1n) is 6.95. The molecule has 1 aliphatic heterocycles. The summed E-state index contributed by atoms with van der Waals surface area (Å²) in [5.41, 5.74) is 2.31. The van der Waals surface area contributed by atoms with E-state index in [0.29, 0.717) is 11.8 Å². The molecule has 102 valence electrons. The highest BCUT2D eigenvalue weighted by atomic mass is 16.5. The highest BCUT2D eigenvalue weighted by molar-refractivity contribution is 5.42. The Hall–Kier alpha value is -1.53. The maximum absolute atomic E-state index is 9.49. The molecule has 1 N–H and O–H groups in total. The summed E-state index contributed by atoms with van der Waals surface area (Å²) >= 11 is 0. The molecular formula is C16H22N2O. The van der Waals surface area contributed by atoms with Gasteiger partial charge >= 0.3 is 0 Å². The normalized spacial score (nSPS) is 20.3. The average Bonchev–Trinajstić information content (AvgIpc) is 2.93. The van der Waals surface area contributed by atoms with Crippen LogP contribution in [-0.2, 0) is 0 Å². The Bertz CT molecular complexity index is 470. The zero-order valence-corrected chi connectivity index (χ0v) is 11.9. The molecule has 1 aromatic carbocycles. The molecule has 19 heavy (non-hydrogen) atoms. The summed E-state index contributed by atoms with van der Waals surface area (Å²) in [6, 6.07) is 8.67. The van der Waals surface area contributed by atoms with Crippen LogP contribution in [0.4, 0.5) is 0 Å². The highest BCUT2D eigenvalue weighted by Crippen LogP contribution is 2.34.